The summed E-state index contributed by atoms with van der Waals surface area (Å²) < 4.78 is 13.8. The predicted octanol–water partition coefficient (Wildman–Crippen LogP) is 2.78. The first-order chi connectivity index (χ1) is 11.6. The third-order valence-corrected chi connectivity index (χ3v) is 3.95. The van der Waals surface area contributed by atoms with Gasteiger partial charge in [-0.1, -0.05) is 6.92 Å². The molecule has 0 saturated carbocycles. The molecule has 24 heavy (non-hydrogen) atoms. The number of halogens is 1. The van der Waals surface area contributed by atoms with Crippen LogP contribution in [0.25, 0.3) is 0 Å². The Morgan fingerprint density at radius 2 is 1.96 bits per heavy atom. The van der Waals surface area contributed by atoms with E-state index in [0.717, 1.165) is 26.1 Å². The van der Waals surface area contributed by atoms with E-state index in [4.69, 9.17) is 0 Å². The number of amides is 3. The second-order valence-electron chi connectivity index (χ2n) is 5.88. The molecule has 1 heterocycles. The SMILES string of the molecule is CCC(=O)Nc1ccc(F)c(NC(=O)NCCCN2CCCC2)c1. The van der Waals surface area contributed by atoms with Crippen molar-refractivity contribution >= 4 is 23.3 Å². The van der Waals surface area contributed by atoms with E-state index >= 15 is 0 Å². The fraction of sp³-hybridized carbons (Fsp3) is 0.529. The molecule has 1 aliphatic rings. The average molecular weight is 336 g/mol. The highest BCUT2D eigenvalue weighted by atomic mass is 19.1. The molecule has 1 aromatic rings. The molecule has 0 aromatic heterocycles. The van der Waals surface area contributed by atoms with Gasteiger partial charge in [0.05, 0.1) is 5.69 Å². The van der Waals surface area contributed by atoms with E-state index in [1.54, 1.807) is 6.92 Å². The highest BCUT2D eigenvalue weighted by Crippen LogP contribution is 2.19. The molecule has 132 valence electrons. The number of likely N-dealkylation sites (tertiary alicyclic amines) is 1. The Kier molecular flexibility index (Phi) is 6.99. The highest BCUT2D eigenvalue weighted by Gasteiger charge is 2.11. The quantitative estimate of drug-likeness (QED) is 0.670. The second-order valence-corrected chi connectivity index (χ2v) is 5.88. The van der Waals surface area contributed by atoms with E-state index in [1.807, 2.05) is 0 Å². The maximum Gasteiger partial charge on any atom is 0.319 e. The van der Waals surface area contributed by atoms with Crippen LogP contribution >= 0.6 is 0 Å². The summed E-state index contributed by atoms with van der Waals surface area (Å²) in [6.07, 6.45) is 3.69. The molecule has 7 heteroatoms. The third-order valence-electron chi connectivity index (χ3n) is 3.95. The van der Waals surface area contributed by atoms with Crippen LogP contribution < -0.4 is 16.0 Å². The molecule has 1 saturated heterocycles. The third kappa shape index (κ3) is 5.81. The monoisotopic (exact) mass is 336 g/mol. The molecule has 1 aromatic carbocycles. The van der Waals surface area contributed by atoms with Gasteiger partial charge in [0, 0.05) is 18.7 Å². The largest absolute Gasteiger partial charge is 0.338 e. The van der Waals surface area contributed by atoms with E-state index in [1.165, 1.54) is 31.0 Å². The predicted molar refractivity (Wildman–Crippen MR) is 92.6 cm³/mol. The van der Waals surface area contributed by atoms with Crippen molar-refractivity contribution in [2.24, 2.45) is 0 Å². The summed E-state index contributed by atoms with van der Waals surface area (Å²) >= 11 is 0. The first-order valence-electron chi connectivity index (χ1n) is 8.45. The topological polar surface area (TPSA) is 73.5 Å². The fourth-order valence-electron chi connectivity index (χ4n) is 2.63. The number of hydrogen-bond donors (Lipinski definition) is 3. The molecule has 1 fully saturated rings. The van der Waals surface area contributed by atoms with Crippen molar-refractivity contribution in [2.45, 2.75) is 32.6 Å². The molecular weight excluding hydrogens is 311 g/mol. The van der Waals surface area contributed by atoms with Gasteiger partial charge < -0.3 is 20.9 Å². The summed E-state index contributed by atoms with van der Waals surface area (Å²) in [5.74, 6) is -0.712. The van der Waals surface area contributed by atoms with Crippen LogP contribution in [0.4, 0.5) is 20.6 Å². The van der Waals surface area contributed by atoms with Gasteiger partial charge in [-0.05, 0) is 57.1 Å². The standard InChI is InChI=1S/C17H25FN4O2/c1-2-16(23)20-13-6-7-14(18)15(12-13)21-17(24)19-8-5-11-22-9-3-4-10-22/h6-7,12H,2-5,8-11H2,1H3,(H,20,23)(H2,19,21,24). The van der Waals surface area contributed by atoms with Crippen molar-refractivity contribution in [1.82, 2.24) is 10.2 Å². The summed E-state index contributed by atoms with van der Waals surface area (Å²) in [6, 6.07) is 3.64. The highest BCUT2D eigenvalue weighted by molar-refractivity contribution is 5.93. The number of anilines is 2. The first-order valence-corrected chi connectivity index (χ1v) is 8.45. The minimum Gasteiger partial charge on any atom is -0.338 e. The Morgan fingerprint density at radius 1 is 1.21 bits per heavy atom. The number of rotatable bonds is 7. The number of nitrogens with zero attached hydrogens (tertiary/aromatic N) is 1. The van der Waals surface area contributed by atoms with Gasteiger partial charge in [0.2, 0.25) is 5.91 Å². The summed E-state index contributed by atoms with van der Waals surface area (Å²) in [4.78, 5) is 25.6. The van der Waals surface area contributed by atoms with Crippen LogP contribution in [0.2, 0.25) is 0 Å². The van der Waals surface area contributed by atoms with Gasteiger partial charge in [-0.2, -0.15) is 0 Å². The van der Waals surface area contributed by atoms with Crippen LogP contribution in [0.3, 0.4) is 0 Å². The Bertz CT molecular complexity index is 574. The van der Waals surface area contributed by atoms with Gasteiger partial charge in [-0.15, -0.1) is 0 Å². The fourth-order valence-corrected chi connectivity index (χ4v) is 2.63. The van der Waals surface area contributed by atoms with Gasteiger partial charge in [-0.3, -0.25) is 4.79 Å². The Hall–Kier alpha value is -2.15. The van der Waals surface area contributed by atoms with Crippen molar-refractivity contribution in [2.75, 3.05) is 36.8 Å². The van der Waals surface area contributed by atoms with Crippen LogP contribution in [0.1, 0.15) is 32.6 Å². The molecule has 3 N–H and O–H groups in total. The Morgan fingerprint density at radius 3 is 2.67 bits per heavy atom. The maximum atomic E-state index is 13.8. The summed E-state index contributed by atoms with van der Waals surface area (Å²) in [5, 5.41) is 7.84. The number of benzene rings is 1. The molecular formula is C17H25FN4O2. The van der Waals surface area contributed by atoms with Crippen molar-refractivity contribution in [3.63, 3.8) is 0 Å². The Balaban J connectivity index is 1.77. The van der Waals surface area contributed by atoms with E-state index in [9.17, 15) is 14.0 Å². The number of urea groups is 1. The molecule has 3 amide bonds. The molecule has 1 aliphatic heterocycles. The van der Waals surface area contributed by atoms with E-state index in [2.05, 4.69) is 20.9 Å². The summed E-state index contributed by atoms with van der Waals surface area (Å²) in [6.45, 7) is 5.50. The normalized spacial score (nSPS) is 14.4. The lowest BCUT2D eigenvalue weighted by Crippen LogP contribution is -2.32. The molecule has 0 atom stereocenters. The lowest BCUT2D eigenvalue weighted by atomic mass is 10.2. The van der Waals surface area contributed by atoms with Crippen molar-refractivity contribution in [1.29, 1.82) is 0 Å². The van der Waals surface area contributed by atoms with E-state index in [0.29, 0.717) is 18.7 Å². The van der Waals surface area contributed by atoms with E-state index < -0.39 is 11.8 Å². The van der Waals surface area contributed by atoms with Gasteiger partial charge in [0.25, 0.3) is 0 Å². The number of hydrogen-bond acceptors (Lipinski definition) is 3. The first kappa shape index (κ1) is 18.2. The summed E-state index contributed by atoms with van der Waals surface area (Å²) in [5.41, 5.74) is 0.494. The smallest absolute Gasteiger partial charge is 0.319 e. The molecule has 2 rings (SSSR count). The lowest BCUT2D eigenvalue weighted by Gasteiger charge is -2.14. The second kappa shape index (κ2) is 9.22. The number of carbonyl (C=O) groups is 2. The molecule has 0 radical (unpaired) electrons. The minimum atomic E-state index is -0.545. The Labute approximate surface area is 141 Å². The van der Waals surface area contributed by atoms with E-state index in [-0.39, 0.29) is 11.6 Å². The lowest BCUT2D eigenvalue weighted by molar-refractivity contribution is -0.115. The van der Waals surface area contributed by atoms with Crippen LogP contribution in [0, 0.1) is 5.82 Å². The van der Waals surface area contributed by atoms with Crippen molar-refractivity contribution in [3.05, 3.63) is 24.0 Å². The van der Waals surface area contributed by atoms with Gasteiger partial charge in [0.15, 0.2) is 0 Å². The van der Waals surface area contributed by atoms with Crippen LogP contribution in [-0.2, 0) is 4.79 Å². The molecule has 0 spiro atoms. The van der Waals surface area contributed by atoms with Crippen LogP contribution in [0.5, 0.6) is 0 Å². The van der Waals surface area contributed by atoms with Gasteiger partial charge in [-0.25, -0.2) is 9.18 Å². The van der Waals surface area contributed by atoms with Gasteiger partial charge in [0.1, 0.15) is 5.82 Å². The summed E-state index contributed by atoms with van der Waals surface area (Å²) in [7, 11) is 0. The zero-order valence-electron chi connectivity index (χ0n) is 14.0. The number of nitrogens with one attached hydrogen (secondary N) is 3. The minimum absolute atomic E-state index is 0.0425. The van der Waals surface area contributed by atoms with Crippen LogP contribution in [-0.4, -0.2) is 43.0 Å². The molecule has 0 bridgehead atoms. The molecule has 6 nitrogen and oxygen atoms in total. The van der Waals surface area contributed by atoms with Crippen molar-refractivity contribution in [3.8, 4) is 0 Å². The van der Waals surface area contributed by atoms with Crippen molar-refractivity contribution < 1.29 is 14.0 Å². The average Bonchev–Trinajstić information content (AvgIpc) is 3.08. The molecule has 0 unspecified atom stereocenters. The van der Waals surface area contributed by atoms with Gasteiger partial charge >= 0.3 is 6.03 Å². The number of carbonyl (C=O) groups excluding carboxylic acids is 2. The zero-order chi connectivity index (χ0) is 17.4. The van der Waals surface area contributed by atoms with Crippen LogP contribution in [0.15, 0.2) is 18.2 Å². The maximum absolute atomic E-state index is 13.8. The molecule has 0 aliphatic carbocycles. The zero-order valence-corrected chi connectivity index (χ0v) is 14.0.